The van der Waals surface area contributed by atoms with Gasteiger partial charge in [-0.2, -0.15) is 0 Å². The number of anilines is 1. The lowest BCUT2D eigenvalue weighted by Crippen LogP contribution is -2.46. The summed E-state index contributed by atoms with van der Waals surface area (Å²) in [5.41, 5.74) is 1.29. The van der Waals surface area contributed by atoms with Crippen LogP contribution < -0.4 is 15.5 Å². The monoisotopic (exact) mass is 503 g/mol. The molecule has 0 aromatic heterocycles. The number of halogens is 1. The molecule has 6 nitrogen and oxygen atoms in total. The van der Waals surface area contributed by atoms with E-state index in [2.05, 4.69) is 62.7 Å². The van der Waals surface area contributed by atoms with Gasteiger partial charge in [0.2, 0.25) is 0 Å². The second-order valence-corrected chi connectivity index (χ2v) is 6.97. The number of methoxy groups -OCH3 is 1. The zero-order valence-electron chi connectivity index (χ0n) is 17.7. The maximum absolute atomic E-state index is 5.22. The van der Waals surface area contributed by atoms with Gasteiger partial charge in [0.15, 0.2) is 5.96 Å². The summed E-state index contributed by atoms with van der Waals surface area (Å²) in [6.45, 7) is 9.12. The zero-order valence-corrected chi connectivity index (χ0v) is 20.0. The molecule has 0 aliphatic carbocycles. The van der Waals surface area contributed by atoms with Crippen LogP contribution in [0.15, 0.2) is 35.3 Å². The topological polar surface area (TPSA) is 52.1 Å². The quantitative estimate of drug-likeness (QED) is 0.211. The van der Waals surface area contributed by atoms with Gasteiger partial charge in [-0.1, -0.05) is 18.2 Å². The summed E-state index contributed by atoms with van der Waals surface area (Å²) < 4.78 is 5.22. The molecule has 1 heterocycles. The first-order valence-electron chi connectivity index (χ1n) is 10.3. The van der Waals surface area contributed by atoms with Gasteiger partial charge in [0, 0.05) is 58.6 Å². The molecule has 1 unspecified atom stereocenters. The molecule has 160 valence electrons. The Morgan fingerprint density at radius 3 is 2.75 bits per heavy atom. The number of para-hydroxylation sites is 1. The molecule has 1 saturated heterocycles. The van der Waals surface area contributed by atoms with Crippen molar-refractivity contribution in [3.63, 3.8) is 0 Å². The number of nitrogens with one attached hydrogen (secondary N) is 2. The van der Waals surface area contributed by atoms with Crippen molar-refractivity contribution in [1.82, 2.24) is 15.5 Å². The first-order chi connectivity index (χ1) is 13.3. The van der Waals surface area contributed by atoms with Crippen LogP contribution in [0.4, 0.5) is 5.69 Å². The van der Waals surface area contributed by atoms with Crippen LogP contribution in [0.25, 0.3) is 0 Å². The lowest BCUT2D eigenvalue weighted by molar-refractivity contribution is 0.141. The molecule has 1 aromatic carbocycles. The van der Waals surface area contributed by atoms with E-state index in [0.29, 0.717) is 6.04 Å². The summed E-state index contributed by atoms with van der Waals surface area (Å²) in [4.78, 5) is 9.29. The van der Waals surface area contributed by atoms with Crippen LogP contribution in [-0.4, -0.2) is 76.9 Å². The van der Waals surface area contributed by atoms with E-state index in [9.17, 15) is 0 Å². The van der Waals surface area contributed by atoms with E-state index in [-0.39, 0.29) is 24.0 Å². The number of ether oxygens (including phenoxy) is 1. The first kappa shape index (κ1) is 25.0. The third-order valence-electron chi connectivity index (χ3n) is 5.21. The molecule has 1 fully saturated rings. The fourth-order valence-corrected chi connectivity index (χ4v) is 3.65. The van der Waals surface area contributed by atoms with Crippen LogP contribution in [0.2, 0.25) is 0 Å². The molecule has 2 N–H and O–H groups in total. The van der Waals surface area contributed by atoms with Gasteiger partial charge in [-0.05, 0) is 44.9 Å². The molecule has 2 rings (SSSR count). The summed E-state index contributed by atoms with van der Waals surface area (Å²) in [5, 5.41) is 6.95. The smallest absolute Gasteiger partial charge is 0.191 e. The number of aliphatic imine (C=N–C) groups is 1. The summed E-state index contributed by atoms with van der Waals surface area (Å²) >= 11 is 0. The lowest BCUT2D eigenvalue weighted by atomic mass is 10.2. The molecule has 0 spiro atoms. The number of hydrogen-bond donors (Lipinski definition) is 2. The average molecular weight is 503 g/mol. The maximum atomic E-state index is 5.22. The van der Waals surface area contributed by atoms with Crippen molar-refractivity contribution in [2.45, 2.75) is 32.2 Å². The Morgan fingerprint density at radius 2 is 2.07 bits per heavy atom. The Labute approximate surface area is 188 Å². The van der Waals surface area contributed by atoms with Gasteiger partial charge in [-0.15, -0.1) is 24.0 Å². The molecule has 1 aliphatic heterocycles. The molecule has 1 atom stereocenters. The molecule has 0 bridgehead atoms. The predicted molar refractivity (Wildman–Crippen MR) is 130 cm³/mol. The molecular formula is C21H38IN5O. The highest BCUT2D eigenvalue weighted by Crippen LogP contribution is 2.16. The molecule has 1 aromatic rings. The van der Waals surface area contributed by atoms with Gasteiger partial charge < -0.3 is 20.3 Å². The van der Waals surface area contributed by atoms with E-state index in [0.717, 1.165) is 51.7 Å². The van der Waals surface area contributed by atoms with Gasteiger partial charge in [-0.25, -0.2) is 0 Å². The molecule has 0 amide bonds. The highest BCUT2D eigenvalue weighted by atomic mass is 127. The summed E-state index contributed by atoms with van der Waals surface area (Å²) in [5.74, 6) is 0.899. The van der Waals surface area contributed by atoms with Crippen LogP contribution in [-0.2, 0) is 4.74 Å². The highest BCUT2D eigenvalue weighted by Gasteiger charge is 2.23. The number of likely N-dealkylation sites (tertiary alicyclic amines) is 1. The molecule has 28 heavy (non-hydrogen) atoms. The normalized spacial score (nSPS) is 17.2. The second-order valence-electron chi connectivity index (χ2n) is 6.97. The van der Waals surface area contributed by atoms with E-state index in [1.165, 1.54) is 25.1 Å². The minimum atomic E-state index is 0. The van der Waals surface area contributed by atoms with Crippen molar-refractivity contribution in [2.24, 2.45) is 4.99 Å². The number of guanidine groups is 1. The van der Waals surface area contributed by atoms with Crippen molar-refractivity contribution >= 4 is 35.6 Å². The van der Waals surface area contributed by atoms with Crippen LogP contribution >= 0.6 is 24.0 Å². The Kier molecular flexibility index (Phi) is 13.3. The van der Waals surface area contributed by atoms with Gasteiger partial charge in [0.05, 0.1) is 6.61 Å². The Balaban J connectivity index is 0.00000392. The Hall–Kier alpha value is -1.06. The van der Waals surface area contributed by atoms with Crippen molar-refractivity contribution in [3.05, 3.63) is 30.3 Å². The van der Waals surface area contributed by atoms with E-state index >= 15 is 0 Å². The van der Waals surface area contributed by atoms with Crippen LogP contribution in [0, 0.1) is 0 Å². The SMILES string of the molecule is CCN(CCCNC(=NC)NCC1CCCN1CCOC)c1ccccc1.I. The Bertz CT molecular complexity index is 543. The minimum absolute atomic E-state index is 0. The van der Waals surface area contributed by atoms with Crippen molar-refractivity contribution in [2.75, 3.05) is 64.9 Å². The number of hydrogen-bond acceptors (Lipinski definition) is 4. The van der Waals surface area contributed by atoms with Crippen LogP contribution in [0.3, 0.4) is 0 Å². The van der Waals surface area contributed by atoms with E-state index in [4.69, 9.17) is 4.74 Å². The number of rotatable bonds is 11. The molecular weight excluding hydrogens is 465 g/mol. The molecule has 7 heteroatoms. The fraction of sp³-hybridized carbons (Fsp3) is 0.667. The molecule has 1 aliphatic rings. The van der Waals surface area contributed by atoms with Gasteiger partial charge >= 0.3 is 0 Å². The summed E-state index contributed by atoms with van der Waals surface area (Å²) in [6, 6.07) is 11.2. The lowest BCUT2D eigenvalue weighted by Gasteiger charge is -2.25. The summed E-state index contributed by atoms with van der Waals surface area (Å²) in [7, 11) is 3.61. The molecule has 0 saturated carbocycles. The maximum Gasteiger partial charge on any atom is 0.191 e. The van der Waals surface area contributed by atoms with Gasteiger partial charge in [0.1, 0.15) is 0 Å². The fourth-order valence-electron chi connectivity index (χ4n) is 3.65. The van der Waals surface area contributed by atoms with Crippen molar-refractivity contribution < 1.29 is 4.74 Å². The standard InChI is InChI=1S/C21H37N5O.HI/c1-4-25(19-10-6-5-7-11-19)15-9-13-23-21(22-2)24-18-20-12-8-14-26(20)16-17-27-3;/h5-7,10-11,20H,4,8-9,12-18H2,1-3H3,(H2,22,23,24);1H. The third-order valence-corrected chi connectivity index (χ3v) is 5.21. The van der Waals surface area contributed by atoms with Crippen LogP contribution in [0.1, 0.15) is 26.2 Å². The average Bonchev–Trinajstić information content (AvgIpc) is 3.16. The van der Waals surface area contributed by atoms with Crippen LogP contribution in [0.5, 0.6) is 0 Å². The minimum Gasteiger partial charge on any atom is -0.383 e. The van der Waals surface area contributed by atoms with Gasteiger partial charge in [0.25, 0.3) is 0 Å². The number of nitrogens with zero attached hydrogens (tertiary/aromatic N) is 3. The highest BCUT2D eigenvalue weighted by molar-refractivity contribution is 14.0. The zero-order chi connectivity index (χ0) is 19.3. The van der Waals surface area contributed by atoms with E-state index < -0.39 is 0 Å². The third kappa shape index (κ3) is 8.53. The van der Waals surface area contributed by atoms with Crippen molar-refractivity contribution in [3.8, 4) is 0 Å². The number of benzene rings is 1. The van der Waals surface area contributed by atoms with Gasteiger partial charge in [-0.3, -0.25) is 9.89 Å². The summed E-state index contributed by atoms with van der Waals surface area (Å²) in [6.07, 6.45) is 3.59. The van der Waals surface area contributed by atoms with E-state index in [1.54, 1.807) is 7.11 Å². The Morgan fingerprint density at radius 1 is 1.29 bits per heavy atom. The second kappa shape index (κ2) is 14.9. The van der Waals surface area contributed by atoms with E-state index in [1.807, 2.05) is 7.05 Å². The molecule has 0 radical (unpaired) electrons. The largest absolute Gasteiger partial charge is 0.383 e. The predicted octanol–water partition coefficient (Wildman–Crippen LogP) is 2.80. The van der Waals surface area contributed by atoms with Crippen molar-refractivity contribution in [1.29, 1.82) is 0 Å². The first-order valence-corrected chi connectivity index (χ1v) is 10.3.